The number of hydrogen-bond donors (Lipinski definition) is 3. The van der Waals surface area contributed by atoms with E-state index in [2.05, 4.69) is 32.2 Å². The van der Waals surface area contributed by atoms with Crippen molar-refractivity contribution < 1.29 is 37.4 Å². The third kappa shape index (κ3) is 7.29. The van der Waals surface area contributed by atoms with E-state index < -0.39 is 29.7 Å². The quantitative estimate of drug-likeness (QED) is 0.185. The molecule has 49 heavy (non-hydrogen) atoms. The number of rotatable bonds is 7. The molecule has 0 saturated heterocycles. The Morgan fingerprint density at radius 3 is 2.37 bits per heavy atom. The predicted molar refractivity (Wildman–Crippen MR) is 174 cm³/mol. The Kier molecular flexibility index (Phi) is 10.1. The molecule has 1 unspecified atom stereocenters. The minimum Gasteiger partial charge on any atom is -0.475 e. The number of alkyl halides is 3. The highest BCUT2D eigenvalue weighted by molar-refractivity contribution is 6.34. The number of nitrogens with one attached hydrogen (secondary N) is 1. The molecular formula is C34H32ClF3N6O5. The van der Waals surface area contributed by atoms with Gasteiger partial charge in [-0.2, -0.15) is 13.2 Å². The lowest BCUT2D eigenvalue weighted by Gasteiger charge is -2.40. The molecule has 2 atom stereocenters. The van der Waals surface area contributed by atoms with E-state index >= 15 is 0 Å². The molecule has 256 valence electrons. The van der Waals surface area contributed by atoms with Crippen LogP contribution in [0.25, 0.3) is 16.6 Å². The zero-order valence-electron chi connectivity index (χ0n) is 26.4. The first-order valence-corrected chi connectivity index (χ1v) is 15.5. The number of benzene rings is 3. The molecule has 0 fully saturated rings. The lowest BCUT2D eigenvalue weighted by Crippen LogP contribution is -2.51. The number of nitrogens with two attached hydrogens (primary N) is 1. The fourth-order valence-corrected chi connectivity index (χ4v) is 6.27. The zero-order chi connectivity index (χ0) is 35.5. The van der Waals surface area contributed by atoms with E-state index in [1.807, 2.05) is 49.4 Å². The number of ether oxygens (including phenoxy) is 1. The highest BCUT2D eigenvalue weighted by Gasteiger charge is 2.41. The zero-order valence-corrected chi connectivity index (χ0v) is 27.1. The van der Waals surface area contributed by atoms with Crippen molar-refractivity contribution in [1.82, 2.24) is 24.6 Å². The highest BCUT2D eigenvalue weighted by atomic mass is 35.5. The molecule has 15 heteroatoms. The van der Waals surface area contributed by atoms with Gasteiger partial charge in [-0.15, -0.1) is 10.2 Å². The normalized spacial score (nSPS) is 16.2. The van der Waals surface area contributed by atoms with Crippen LogP contribution in [-0.2, 0) is 32.8 Å². The minimum atomic E-state index is -5.08. The fourth-order valence-electron chi connectivity index (χ4n) is 6.01. The molecular weight excluding hydrogens is 665 g/mol. The van der Waals surface area contributed by atoms with Crippen LogP contribution in [-0.4, -0.2) is 55.1 Å². The van der Waals surface area contributed by atoms with Gasteiger partial charge in [-0.25, -0.2) is 9.59 Å². The van der Waals surface area contributed by atoms with Crippen LogP contribution in [0.1, 0.15) is 52.1 Å². The fraction of sp³-hybridized carbons (Fsp3) is 0.265. The summed E-state index contributed by atoms with van der Waals surface area (Å²) >= 11 is 6.64. The van der Waals surface area contributed by atoms with Crippen molar-refractivity contribution in [2.24, 2.45) is 5.73 Å². The number of carbonyl (C=O) groups is 3. The topological polar surface area (TPSA) is 154 Å². The van der Waals surface area contributed by atoms with Gasteiger partial charge in [-0.05, 0) is 62.6 Å². The van der Waals surface area contributed by atoms with E-state index in [4.69, 9.17) is 32.0 Å². The molecule has 4 N–H and O–H groups in total. The van der Waals surface area contributed by atoms with Crippen LogP contribution in [0.3, 0.4) is 0 Å². The number of halogens is 4. The second kappa shape index (κ2) is 14.1. The van der Waals surface area contributed by atoms with Gasteiger partial charge >= 0.3 is 18.1 Å². The Morgan fingerprint density at radius 2 is 1.76 bits per heavy atom. The maximum Gasteiger partial charge on any atom is 0.490 e. The van der Waals surface area contributed by atoms with Gasteiger partial charge in [0, 0.05) is 27.8 Å². The van der Waals surface area contributed by atoms with Crippen molar-refractivity contribution in [3.05, 3.63) is 112 Å². The van der Waals surface area contributed by atoms with Crippen LogP contribution in [0.4, 0.5) is 13.2 Å². The Balaban J connectivity index is 0.000000606. The molecule has 1 amide bonds. The van der Waals surface area contributed by atoms with E-state index in [1.54, 1.807) is 36.3 Å². The van der Waals surface area contributed by atoms with Gasteiger partial charge < -0.3 is 25.5 Å². The summed E-state index contributed by atoms with van der Waals surface area (Å²) in [7, 11) is 0. The molecule has 0 radical (unpaired) electrons. The second-order valence-electron chi connectivity index (χ2n) is 11.4. The maximum absolute atomic E-state index is 13.9. The van der Waals surface area contributed by atoms with Crippen LogP contribution in [0.2, 0.25) is 5.02 Å². The van der Waals surface area contributed by atoms with Gasteiger partial charge in [0.15, 0.2) is 0 Å². The van der Waals surface area contributed by atoms with Gasteiger partial charge in [0.25, 0.3) is 5.91 Å². The number of hydrogen-bond acceptors (Lipinski definition) is 7. The first-order valence-electron chi connectivity index (χ1n) is 15.1. The van der Waals surface area contributed by atoms with Crippen molar-refractivity contribution in [1.29, 1.82) is 0 Å². The largest absolute Gasteiger partial charge is 0.490 e. The smallest absolute Gasteiger partial charge is 0.475 e. The maximum atomic E-state index is 13.9. The molecule has 0 saturated carbocycles. The Morgan fingerprint density at radius 1 is 1.08 bits per heavy atom. The van der Waals surface area contributed by atoms with Crippen LogP contribution < -0.4 is 11.1 Å². The van der Waals surface area contributed by atoms with Crippen LogP contribution in [0.5, 0.6) is 0 Å². The lowest BCUT2D eigenvalue weighted by atomic mass is 9.81. The summed E-state index contributed by atoms with van der Waals surface area (Å²) in [6.07, 6.45) is -0.760. The average molecular weight is 697 g/mol. The Bertz CT molecular complexity index is 2000. The third-order valence-corrected chi connectivity index (χ3v) is 8.59. The van der Waals surface area contributed by atoms with E-state index in [9.17, 15) is 22.8 Å². The van der Waals surface area contributed by atoms with E-state index in [0.717, 1.165) is 39.0 Å². The van der Waals surface area contributed by atoms with E-state index in [0.29, 0.717) is 30.0 Å². The number of carboxylic acids is 1. The predicted octanol–water partition coefficient (Wildman–Crippen LogP) is 5.65. The Hall–Kier alpha value is -5.21. The van der Waals surface area contributed by atoms with Crippen LogP contribution in [0, 0.1) is 6.92 Å². The lowest BCUT2D eigenvalue weighted by molar-refractivity contribution is -0.192. The van der Waals surface area contributed by atoms with Crippen LogP contribution >= 0.6 is 11.6 Å². The van der Waals surface area contributed by atoms with Crippen molar-refractivity contribution in [2.75, 3.05) is 6.61 Å². The third-order valence-electron chi connectivity index (χ3n) is 8.27. The van der Waals surface area contributed by atoms with Crippen LogP contribution in [0.15, 0.2) is 79.4 Å². The molecule has 1 aliphatic heterocycles. The second-order valence-corrected chi connectivity index (χ2v) is 11.8. The molecule has 3 heterocycles. The van der Waals surface area contributed by atoms with E-state index in [-0.39, 0.29) is 12.5 Å². The van der Waals surface area contributed by atoms with Gasteiger partial charge in [0.1, 0.15) is 18.7 Å². The number of aliphatic carboxylic acids is 1. The number of nitrogens with zero attached hydrogens (tertiary/aromatic N) is 4. The molecule has 6 rings (SSSR count). The summed E-state index contributed by atoms with van der Waals surface area (Å²) in [6.45, 7) is 4.49. The number of aromatic nitrogens is 4. The monoisotopic (exact) mass is 696 g/mol. The minimum absolute atomic E-state index is 0.255. The van der Waals surface area contributed by atoms with Gasteiger partial charge in [0.2, 0.25) is 0 Å². The number of aryl methyl sites for hydroxylation is 1. The molecule has 0 bridgehead atoms. The summed E-state index contributed by atoms with van der Waals surface area (Å²) in [5.41, 5.74) is 11.7. The molecule has 0 spiro atoms. The molecule has 3 aromatic carbocycles. The van der Waals surface area contributed by atoms with E-state index in [1.165, 1.54) is 0 Å². The Labute approximate surface area is 283 Å². The van der Waals surface area contributed by atoms with Gasteiger partial charge in [-0.3, -0.25) is 9.36 Å². The van der Waals surface area contributed by atoms with Crippen molar-refractivity contribution in [3.8, 4) is 5.69 Å². The molecule has 1 aliphatic rings. The summed E-state index contributed by atoms with van der Waals surface area (Å²) in [5, 5.41) is 19.4. The summed E-state index contributed by atoms with van der Waals surface area (Å²) in [6, 6.07) is 20.5. The SMILES string of the molecule is CCOC(=O)C(N)c1c2n(c3ccc(C)cc13)C[C@@](NC(=O)c1ccc(-n3cnnc3)cc1Cl)(c1ccccc1)CC2.O=C(O)C(F)(F)F. The summed E-state index contributed by atoms with van der Waals surface area (Å²) in [5.74, 6) is -3.49. The van der Waals surface area contributed by atoms with Crippen molar-refractivity contribution in [3.63, 3.8) is 0 Å². The van der Waals surface area contributed by atoms with Crippen molar-refractivity contribution >= 4 is 40.3 Å². The summed E-state index contributed by atoms with van der Waals surface area (Å²) in [4.78, 5) is 35.6. The molecule has 5 aromatic rings. The average Bonchev–Trinajstić information content (AvgIpc) is 3.71. The number of esters is 1. The number of carboxylic acid groups (broad SMARTS) is 1. The first-order chi connectivity index (χ1) is 23.3. The number of fused-ring (bicyclic) bond motifs is 3. The molecule has 2 aromatic heterocycles. The van der Waals surface area contributed by atoms with Gasteiger partial charge in [0.05, 0.1) is 29.3 Å². The standard InChI is InChI=1S/C32H31ClN6O3.C2HF3O2/c1-3-42-31(41)29(34)28-24-15-20(2)9-12-26(24)39-17-32(14-13-27(28)39,21-7-5-4-6-8-21)37-30(40)23-11-10-22(16-25(23)33)38-18-35-36-19-38;3-2(4,5)1(6)7/h4-12,15-16,18-19,29H,3,13-14,17,34H2,1-2H3,(H,37,40);(H,6,7)/t29?,32-;/m1./s1. The number of amides is 1. The molecule has 11 nitrogen and oxygen atoms in total. The van der Waals surface area contributed by atoms with Crippen molar-refractivity contribution in [2.45, 2.75) is 51.0 Å². The summed E-state index contributed by atoms with van der Waals surface area (Å²) < 4.78 is 41.0. The van der Waals surface area contributed by atoms with Gasteiger partial charge in [-0.1, -0.05) is 53.6 Å². The first kappa shape index (κ1) is 35.1. The molecule has 0 aliphatic carbocycles. The number of carbonyl (C=O) groups excluding carboxylic acids is 2. The highest BCUT2D eigenvalue weighted by Crippen LogP contribution is 2.41.